The minimum absolute atomic E-state index is 0.263. The molecule has 146 valence electrons. The van der Waals surface area contributed by atoms with E-state index in [0.717, 1.165) is 21.5 Å². The zero-order valence-corrected chi connectivity index (χ0v) is 16.4. The van der Waals surface area contributed by atoms with Crippen molar-refractivity contribution in [1.29, 1.82) is 5.26 Å². The van der Waals surface area contributed by atoms with E-state index in [2.05, 4.69) is 5.32 Å². The summed E-state index contributed by atoms with van der Waals surface area (Å²) in [4.78, 5) is 25.2. The van der Waals surface area contributed by atoms with Crippen molar-refractivity contribution in [3.8, 4) is 6.07 Å². The van der Waals surface area contributed by atoms with E-state index in [1.165, 1.54) is 12.1 Å². The molecule has 0 heterocycles. The molecule has 6 heteroatoms. The third-order valence-corrected chi connectivity index (χ3v) is 4.92. The summed E-state index contributed by atoms with van der Waals surface area (Å²) in [6.07, 6.45) is 0. The first kappa shape index (κ1) is 19.4. The van der Waals surface area contributed by atoms with Gasteiger partial charge in [0, 0.05) is 5.02 Å². The van der Waals surface area contributed by atoms with E-state index in [1.54, 1.807) is 6.07 Å². The van der Waals surface area contributed by atoms with Crippen LogP contribution in [-0.2, 0) is 9.53 Å². The fourth-order valence-corrected chi connectivity index (χ4v) is 3.51. The minimum Gasteiger partial charge on any atom is -0.452 e. The number of hydrogen-bond donors (Lipinski definition) is 1. The van der Waals surface area contributed by atoms with E-state index in [9.17, 15) is 9.59 Å². The Morgan fingerprint density at radius 2 is 1.57 bits per heavy atom. The lowest BCUT2D eigenvalue weighted by Gasteiger charge is -2.12. The van der Waals surface area contributed by atoms with Crippen LogP contribution in [0, 0.1) is 11.3 Å². The molecule has 0 bridgehead atoms. The molecule has 0 unspecified atom stereocenters. The van der Waals surface area contributed by atoms with Crippen molar-refractivity contribution >= 4 is 50.7 Å². The van der Waals surface area contributed by atoms with Gasteiger partial charge in [-0.1, -0.05) is 60.1 Å². The third kappa shape index (κ3) is 3.82. The van der Waals surface area contributed by atoms with Gasteiger partial charge < -0.3 is 10.1 Å². The second-order valence-electron chi connectivity index (χ2n) is 6.62. The molecule has 1 amide bonds. The summed E-state index contributed by atoms with van der Waals surface area (Å²) >= 11 is 5.93. The fraction of sp³-hybridized carbons (Fsp3) is 0.0417. The zero-order chi connectivity index (χ0) is 21.1. The highest BCUT2D eigenvalue weighted by molar-refractivity contribution is 6.31. The van der Waals surface area contributed by atoms with Gasteiger partial charge in [0.25, 0.3) is 5.91 Å². The van der Waals surface area contributed by atoms with Crippen molar-refractivity contribution in [2.45, 2.75) is 0 Å². The number of carbonyl (C=O) groups is 2. The Hall–Kier alpha value is -3.88. The van der Waals surface area contributed by atoms with Crippen molar-refractivity contribution < 1.29 is 14.3 Å². The van der Waals surface area contributed by atoms with Crippen LogP contribution in [0.5, 0.6) is 0 Å². The molecule has 0 fully saturated rings. The Morgan fingerprint density at radius 3 is 2.20 bits per heavy atom. The monoisotopic (exact) mass is 414 g/mol. The van der Waals surface area contributed by atoms with Crippen LogP contribution in [-0.4, -0.2) is 18.5 Å². The number of nitrogens with one attached hydrogen (secondary N) is 1. The molecule has 0 aliphatic rings. The van der Waals surface area contributed by atoms with Gasteiger partial charge >= 0.3 is 5.97 Å². The number of carbonyl (C=O) groups excluding carboxylic acids is 2. The molecular weight excluding hydrogens is 400 g/mol. The number of benzene rings is 4. The van der Waals surface area contributed by atoms with Gasteiger partial charge in [-0.05, 0) is 45.8 Å². The molecule has 0 aromatic heterocycles. The quantitative estimate of drug-likeness (QED) is 0.362. The van der Waals surface area contributed by atoms with E-state index in [1.807, 2.05) is 60.7 Å². The van der Waals surface area contributed by atoms with E-state index in [-0.39, 0.29) is 11.3 Å². The van der Waals surface area contributed by atoms with Gasteiger partial charge in [-0.25, -0.2) is 4.79 Å². The standard InChI is InChI=1S/C24H15ClN2O3/c25-18-10-9-17(13-26)21(12-18)27-22(28)14-30-24(29)23-19-7-3-1-5-15(19)11-16-6-2-4-8-20(16)23/h1-12H,14H2,(H,27,28). The molecule has 0 saturated heterocycles. The molecule has 0 spiro atoms. The maximum absolute atomic E-state index is 12.9. The summed E-state index contributed by atoms with van der Waals surface area (Å²) < 4.78 is 5.32. The smallest absolute Gasteiger partial charge is 0.339 e. The average Bonchev–Trinajstić information content (AvgIpc) is 2.76. The largest absolute Gasteiger partial charge is 0.452 e. The highest BCUT2D eigenvalue weighted by Gasteiger charge is 2.18. The number of hydrogen-bond acceptors (Lipinski definition) is 4. The van der Waals surface area contributed by atoms with Crippen LogP contribution in [0.15, 0.2) is 72.8 Å². The average molecular weight is 415 g/mol. The van der Waals surface area contributed by atoms with E-state index in [0.29, 0.717) is 10.6 Å². The zero-order valence-electron chi connectivity index (χ0n) is 15.7. The highest BCUT2D eigenvalue weighted by Crippen LogP contribution is 2.29. The van der Waals surface area contributed by atoms with Gasteiger partial charge in [0.2, 0.25) is 0 Å². The van der Waals surface area contributed by atoms with Gasteiger partial charge in [0.15, 0.2) is 6.61 Å². The van der Waals surface area contributed by atoms with Gasteiger partial charge in [0.05, 0.1) is 16.8 Å². The van der Waals surface area contributed by atoms with Crippen LogP contribution in [0.4, 0.5) is 5.69 Å². The molecule has 0 aliphatic carbocycles. The highest BCUT2D eigenvalue weighted by atomic mass is 35.5. The van der Waals surface area contributed by atoms with Gasteiger partial charge in [-0.3, -0.25) is 4.79 Å². The molecule has 4 aromatic carbocycles. The molecule has 1 N–H and O–H groups in total. The first-order valence-corrected chi connectivity index (χ1v) is 9.52. The number of ether oxygens (including phenoxy) is 1. The predicted molar refractivity (Wildman–Crippen MR) is 117 cm³/mol. The molecule has 4 rings (SSSR count). The predicted octanol–water partition coefficient (Wildman–Crippen LogP) is 5.31. The first-order chi connectivity index (χ1) is 14.6. The van der Waals surface area contributed by atoms with Crippen LogP contribution in [0.2, 0.25) is 5.02 Å². The number of amides is 1. The van der Waals surface area contributed by atoms with Crippen molar-refractivity contribution in [2.24, 2.45) is 0 Å². The summed E-state index contributed by atoms with van der Waals surface area (Å²) in [5.41, 5.74) is 0.942. The number of fused-ring (bicyclic) bond motifs is 2. The lowest BCUT2D eigenvalue weighted by molar-refractivity contribution is -0.119. The van der Waals surface area contributed by atoms with E-state index in [4.69, 9.17) is 21.6 Å². The number of rotatable bonds is 4. The van der Waals surface area contributed by atoms with Crippen LogP contribution in [0.25, 0.3) is 21.5 Å². The number of anilines is 1. The van der Waals surface area contributed by atoms with Gasteiger partial charge in [0.1, 0.15) is 6.07 Å². The Bertz CT molecular complexity index is 1290. The summed E-state index contributed by atoms with van der Waals surface area (Å²) in [5, 5.41) is 15.4. The summed E-state index contributed by atoms with van der Waals surface area (Å²) in [6.45, 7) is -0.492. The molecule has 30 heavy (non-hydrogen) atoms. The lowest BCUT2D eigenvalue weighted by atomic mass is 9.97. The Labute approximate surface area is 177 Å². The second-order valence-corrected chi connectivity index (χ2v) is 7.06. The molecule has 0 radical (unpaired) electrons. The Morgan fingerprint density at radius 1 is 0.933 bits per heavy atom. The Kier molecular flexibility index (Phi) is 5.34. The first-order valence-electron chi connectivity index (χ1n) is 9.14. The van der Waals surface area contributed by atoms with Crippen molar-refractivity contribution in [3.05, 3.63) is 88.9 Å². The number of halogens is 1. The van der Waals surface area contributed by atoms with Crippen molar-refractivity contribution in [1.82, 2.24) is 0 Å². The van der Waals surface area contributed by atoms with Crippen LogP contribution < -0.4 is 5.32 Å². The van der Waals surface area contributed by atoms with Crippen molar-refractivity contribution in [2.75, 3.05) is 11.9 Å². The lowest BCUT2D eigenvalue weighted by Crippen LogP contribution is -2.21. The molecule has 0 aliphatic heterocycles. The molecule has 0 saturated carbocycles. The summed E-state index contributed by atoms with van der Waals surface area (Å²) in [5.74, 6) is -1.16. The van der Waals surface area contributed by atoms with E-state index < -0.39 is 18.5 Å². The van der Waals surface area contributed by atoms with Crippen LogP contribution >= 0.6 is 11.6 Å². The van der Waals surface area contributed by atoms with E-state index >= 15 is 0 Å². The maximum atomic E-state index is 12.9. The molecule has 0 atom stereocenters. The topological polar surface area (TPSA) is 79.2 Å². The SMILES string of the molecule is N#Cc1ccc(Cl)cc1NC(=O)COC(=O)c1c2ccccc2cc2ccccc12. The van der Waals surface area contributed by atoms with Gasteiger partial charge in [-0.15, -0.1) is 0 Å². The fourth-order valence-electron chi connectivity index (χ4n) is 3.34. The summed E-state index contributed by atoms with van der Waals surface area (Å²) in [6, 6.07) is 23.6. The maximum Gasteiger partial charge on any atom is 0.339 e. The van der Waals surface area contributed by atoms with Crippen LogP contribution in [0.3, 0.4) is 0 Å². The Balaban J connectivity index is 1.59. The normalized spacial score (nSPS) is 10.5. The second kappa shape index (κ2) is 8.24. The van der Waals surface area contributed by atoms with Crippen molar-refractivity contribution in [3.63, 3.8) is 0 Å². The third-order valence-electron chi connectivity index (χ3n) is 4.69. The number of nitriles is 1. The molecule has 4 aromatic rings. The molecule has 5 nitrogen and oxygen atoms in total. The number of esters is 1. The van der Waals surface area contributed by atoms with Crippen LogP contribution in [0.1, 0.15) is 15.9 Å². The minimum atomic E-state index is -0.593. The number of nitrogens with zero attached hydrogens (tertiary/aromatic N) is 1. The van der Waals surface area contributed by atoms with Gasteiger partial charge in [-0.2, -0.15) is 5.26 Å². The summed E-state index contributed by atoms with van der Waals surface area (Å²) in [7, 11) is 0. The molecular formula is C24H15ClN2O3.